The van der Waals surface area contributed by atoms with E-state index in [0.29, 0.717) is 31.0 Å². The van der Waals surface area contributed by atoms with Gasteiger partial charge in [0, 0.05) is 39.6 Å². The SMILES string of the molecule is CN=C(NCCc1cccc(F)c1F)N(C)Cc1cccn1C. The molecule has 23 heavy (non-hydrogen) atoms. The van der Waals surface area contributed by atoms with Gasteiger partial charge in [-0.25, -0.2) is 8.78 Å². The summed E-state index contributed by atoms with van der Waals surface area (Å²) in [4.78, 5) is 6.21. The van der Waals surface area contributed by atoms with Crippen LogP contribution in [-0.4, -0.2) is 36.1 Å². The van der Waals surface area contributed by atoms with Gasteiger partial charge >= 0.3 is 0 Å². The highest BCUT2D eigenvalue weighted by atomic mass is 19.2. The van der Waals surface area contributed by atoms with E-state index in [2.05, 4.69) is 10.3 Å². The van der Waals surface area contributed by atoms with Gasteiger partial charge in [0.25, 0.3) is 0 Å². The molecule has 0 aliphatic rings. The van der Waals surface area contributed by atoms with Crippen molar-refractivity contribution >= 4 is 5.96 Å². The van der Waals surface area contributed by atoms with Crippen molar-refractivity contribution in [3.63, 3.8) is 0 Å². The highest BCUT2D eigenvalue weighted by molar-refractivity contribution is 5.79. The molecule has 1 N–H and O–H groups in total. The molecule has 4 nitrogen and oxygen atoms in total. The fourth-order valence-electron chi connectivity index (χ4n) is 2.41. The number of guanidine groups is 1. The zero-order chi connectivity index (χ0) is 16.8. The van der Waals surface area contributed by atoms with Crippen LogP contribution in [-0.2, 0) is 20.0 Å². The summed E-state index contributed by atoms with van der Waals surface area (Å²) in [6.07, 6.45) is 2.38. The lowest BCUT2D eigenvalue weighted by Crippen LogP contribution is -2.39. The maximum absolute atomic E-state index is 13.6. The first kappa shape index (κ1) is 17.0. The predicted molar refractivity (Wildman–Crippen MR) is 88.3 cm³/mol. The number of rotatable bonds is 5. The minimum absolute atomic E-state index is 0.359. The molecule has 0 aliphatic carbocycles. The van der Waals surface area contributed by atoms with Crippen molar-refractivity contribution in [3.8, 4) is 0 Å². The number of hydrogen-bond donors (Lipinski definition) is 1. The summed E-state index contributed by atoms with van der Waals surface area (Å²) in [5.74, 6) is -0.878. The number of hydrogen-bond acceptors (Lipinski definition) is 1. The molecule has 2 rings (SSSR count). The van der Waals surface area contributed by atoms with Gasteiger partial charge in [0.1, 0.15) is 0 Å². The third-order valence-electron chi connectivity index (χ3n) is 3.73. The van der Waals surface area contributed by atoms with E-state index >= 15 is 0 Å². The van der Waals surface area contributed by atoms with Gasteiger partial charge in [-0.1, -0.05) is 12.1 Å². The minimum Gasteiger partial charge on any atom is -0.356 e. The van der Waals surface area contributed by atoms with Gasteiger partial charge in [-0.3, -0.25) is 4.99 Å². The minimum atomic E-state index is -0.812. The van der Waals surface area contributed by atoms with E-state index in [-0.39, 0.29) is 0 Å². The van der Waals surface area contributed by atoms with Crippen molar-refractivity contribution in [1.82, 2.24) is 14.8 Å². The zero-order valence-electron chi connectivity index (χ0n) is 13.7. The summed E-state index contributed by atoms with van der Waals surface area (Å²) >= 11 is 0. The van der Waals surface area contributed by atoms with Crippen LogP contribution in [0.2, 0.25) is 0 Å². The Labute approximate surface area is 135 Å². The third-order valence-corrected chi connectivity index (χ3v) is 3.73. The Morgan fingerprint density at radius 2 is 2.04 bits per heavy atom. The van der Waals surface area contributed by atoms with Crippen LogP contribution in [0.1, 0.15) is 11.3 Å². The Morgan fingerprint density at radius 1 is 1.26 bits per heavy atom. The van der Waals surface area contributed by atoms with Crippen LogP contribution in [0.4, 0.5) is 8.78 Å². The molecule has 124 valence electrons. The molecular formula is C17H22F2N4. The fraction of sp³-hybridized carbons (Fsp3) is 0.353. The van der Waals surface area contributed by atoms with Gasteiger partial charge in [0.05, 0.1) is 6.54 Å². The average molecular weight is 320 g/mol. The Balaban J connectivity index is 1.90. The first-order valence-electron chi connectivity index (χ1n) is 7.47. The maximum Gasteiger partial charge on any atom is 0.193 e. The van der Waals surface area contributed by atoms with Crippen molar-refractivity contribution in [2.24, 2.45) is 12.0 Å². The number of aromatic nitrogens is 1. The average Bonchev–Trinajstić information content (AvgIpc) is 2.93. The lowest BCUT2D eigenvalue weighted by atomic mass is 10.1. The molecule has 0 aliphatic heterocycles. The summed E-state index contributed by atoms with van der Waals surface area (Å²) in [6.45, 7) is 1.18. The van der Waals surface area contributed by atoms with E-state index in [1.165, 1.54) is 6.07 Å². The first-order chi connectivity index (χ1) is 11.0. The van der Waals surface area contributed by atoms with Crippen molar-refractivity contribution < 1.29 is 8.78 Å². The summed E-state index contributed by atoms with van der Waals surface area (Å²) < 4.78 is 28.8. The molecule has 6 heteroatoms. The fourth-order valence-corrected chi connectivity index (χ4v) is 2.41. The molecule has 0 radical (unpaired) electrons. The van der Waals surface area contributed by atoms with E-state index in [1.54, 1.807) is 13.1 Å². The molecular weight excluding hydrogens is 298 g/mol. The molecule has 0 saturated carbocycles. The second-order valence-electron chi connectivity index (χ2n) is 5.40. The van der Waals surface area contributed by atoms with Crippen molar-refractivity contribution in [2.45, 2.75) is 13.0 Å². The van der Waals surface area contributed by atoms with Crippen LogP contribution in [0.15, 0.2) is 41.5 Å². The van der Waals surface area contributed by atoms with Gasteiger partial charge in [-0.15, -0.1) is 0 Å². The molecule has 1 aromatic carbocycles. The molecule has 0 spiro atoms. The lowest BCUT2D eigenvalue weighted by Gasteiger charge is -2.22. The van der Waals surface area contributed by atoms with Crippen molar-refractivity contribution in [3.05, 3.63) is 59.4 Å². The second-order valence-corrected chi connectivity index (χ2v) is 5.40. The first-order valence-corrected chi connectivity index (χ1v) is 7.47. The maximum atomic E-state index is 13.6. The number of aryl methyl sites for hydroxylation is 1. The van der Waals surface area contributed by atoms with Crippen LogP contribution in [0.3, 0.4) is 0 Å². The number of benzene rings is 1. The van der Waals surface area contributed by atoms with Crippen LogP contribution >= 0.6 is 0 Å². The lowest BCUT2D eigenvalue weighted by molar-refractivity contribution is 0.461. The summed E-state index contributed by atoms with van der Waals surface area (Å²) in [5, 5.41) is 3.17. The number of halogens is 2. The smallest absolute Gasteiger partial charge is 0.193 e. The molecule has 0 unspecified atom stereocenters. The largest absolute Gasteiger partial charge is 0.356 e. The topological polar surface area (TPSA) is 32.6 Å². The van der Waals surface area contributed by atoms with Crippen LogP contribution in [0.25, 0.3) is 0 Å². The number of aliphatic imine (C=N–C) groups is 1. The number of nitrogens with zero attached hydrogens (tertiary/aromatic N) is 3. The third kappa shape index (κ3) is 4.31. The Hall–Kier alpha value is -2.37. The van der Waals surface area contributed by atoms with Crippen molar-refractivity contribution in [2.75, 3.05) is 20.6 Å². The summed E-state index contributed by atoms with van der Waals surface area (Å²) in [6, 6.07) is 8.28. The zero-order valence-corrected chi connectivity index (χ0v) is 13.7. The van der Waals surface area contributed by atoms with Crippen molar-refractivity contribution in [1.29, 1.82) is 0 Å². The van der Waals surface area contributed by atoms with Gasteiger partial charge in [0.15, 0.2) is 17.6 Å². The van der Waals surface area contributed by atoms with E-state index in [0.717, 1.165) is 11.8 Å². The Kier molecular flexibility index (Phi) is 5.73. The van der Waals surface area contributed by atoms with E-state index < -0.39 is 11.6 Å². The van der Waals surface area contributed by atoms with E-state index in [9.17, 15) is 8.78 Å². The number of nitrogens with one attached hydrogen (secondary N) is 1. The standard InChI is InChI=1S/C17H22F2N4/c1-20-17(23(3)12-14-7-5-11-22(14)2)21-10-9-13-6-4-8-15(18)16(13)19/h4-8,11H,9-10,12H2,1-3H3,(H,20,21). The summed E-state index contributed by atoms with van der Waals surface area (Å²) in [5.41, 5.74) is 1.52. The molecule has 2 aromatic rings. The highest BCUT2D eigenvalue weighted by Crippen LogP contribution is 2.11. The molecule has 0 saturated heterocycles. The van der Waals surface area contributed by atoms with Gasteiger partial charge in [-0.2, -0.15) is 0 Å². The predicted octanol–water partition coefficient (Wildman–Crippen LogP) is 2.55. The van der Waals surface area contributed by atoms with Gasteiger partial charge in [0.2, 0.25) is 0 Å². The van der Waals surface area contributed by atoms with E-state index in [1.807, 2.05) is 41.9 Å². The van der Waals surface area contributed by atoms with Gasteiger partial charge < -0.3 is 14.8 Å². The Bertz CT molecular complexity index is 679. The van der Waals surface area contributed by atoms with Crippen LogP contribution in [0.5, 0.6) is 0 Å². The molecule has 0 bridgehead atoms. The normalized spacial score (nSPS) is 11.6. The van der Waals surface area contributed by atoms with Crippen LogP contribution < -0.4 is 5.32 Å². The monoisotopic (exact) mass is 320 g/mol. The second kappa shape index (κ2) is 7.76. The van der Waals surface area contributed by atoms with Crippen LogP contribution in [0, 0.1) is 11.6 Å². The highest BCUT2D eigenvalue weighted by Gasteiger charge is 2.10. The Morgan fingerprint density at radius 3 is 2.70 bits per heavy atom. The quantitative estimate of drug-likeness (QED) is 0.678. The molecule has 1 heterocycles. The molecule has 1 aromatic heterocycles. The van der Waals surface area contributed by atoms with E-state index in [4.69, 9.17) is 0 Å². The molecule has 0 fully saturated rings. The van der Waals surface area contributed by atoms with Gasteiger partial charge in [-0.05, 0) is 30.2 Å². The summed E-state index contributed by atoms with van der Waals surface area (Å²) in [7, 11) is 5.63. The molecule has 0 amide bonds. The molecule has 0 atom stereocenters.